The monoisotopic (exact) mass is 616 g/mol. The first-order valence-corrected chi connectivity index (χ1v) is 16.5. The van der Waals surface area contributed by atoms with Gasteiger partial charge in [-0.05, 0) is 68.0 Å². The van der Waals surface area contributed by atoms with E-state index in [0.717, 1.165) is 75.7 Å². The number of pyridine rings is 1. The number of carbonyl (C=O) groups is 2. The van der Waals surface area contributed by atoms with Gasteiger partial charge in [-0.25, -0.2) is 9.78 Å². The number of hydrogen-bond donors (Lipinski definition) is 1. The van der Waals surface area contributed by atoms with Gasteiger partial charge in [0.15, 0.2) is 0 Å². The molecule has 3 aliphatic heterocycles. The number of likely N-dealkylation sites (tertiary alicyclic amines) is 1. The number of hydrogen-bond acceptors (Lipinski definition) is 7. The maximum absolute atomic E-state index is 13.9. The second-order valence-corrected chi connectivity index (χ2v) is 12.8. The largest absolute Gasteiger partial charge is 0.481 e. The summed E-state index contributed by atoms with van der Waals surface area (Å²) in [7, 11) is 0. The van der Waals surface area contributed by atoms with Crippen molar-refractivity contribution in [3.8, 4) is 11.6 Å². The van der Waals surface area contributed by atoms with E-state index in [0.29, 0.717) is 11.6 Å². The summed E-state index contributed by atoms with van der Waals surface area (Å²) >= 11 is 1.28. The Labute approximate surface area is 263 Å². The molecule has 3 saturated heterocycles. The summed E-state index contributed by atoms with van der Waals surface area (Å²) in [5.74, 6) is 0.381. The lowest BCUT2D eigenvalue weighted by Gasteiger charge is -2.39. The highest BCUT2D eigenvalue weighted by atomic mass is 32.2. The standard InChI is InChI=1S/C34H40N4O5S/c1-24-26(7-12-32(35-24)43-29-8-10-30(11-9-29)44-23-33(39)40)21-36-17-13-28(14-18-36)38-31(25-5-3-2-4-6-25)22-37(34(38)41)27-15-19-42-20-16-27/h2-12,27-28,31H,13-23H2,1H3,(H,39,40). The molecule has 0 bridgehead atoms. The minimum Gasteiger partial charge on any atom is -0.481 e. The molecule has 1 aromatic heterocycles. The van der Waals surface area contributed by atoms with Crippen molar-refractivity contribution >= 4 is 23.8 Å². The number of aryl methyl sites for hydroxylation is 1. The predicted octanol–water partition coefficient (Wildman–Crippen LogP) is 5.98. The zero-order chi connectivity index (χ0) is 30.5. The molecule has 3 aromatic rings. The molecule has 44 heavy (non-hydrogen) atoms. The van der Waals surface area contributed by atoms with Crippen LogP contribution in [0.15, 0.2) is 71.6 Å². The Hall–Kier alpha value is -3.60. The van der Waals surface area contributed by atoms with Crippen LogP contribution in [0.4, 0.5) is 4.79 Å². The number of amides is 2. The van der Waals surface area contributed by atoms with Gasteiger partial charge < -0.3 is 24.4 Å². The Kier molecular flexibility index (Phi) is 9.69. The van der Waals surface area contributed by atoms with E-state index in [4.69, 9.17) is 19.6 Å². The fourth-order valence-corrected chi connectivity index (χ4v) is 7.16. The summed E-state index contributed by atoms with van der Waals surface area (Å²) in [6, 6.07) is 22.6. The van der Waals surface area contributed by atoms with Gasteiger partial charge in [-0.2, -0.15) is 0 Å². The van der Waals surface area contributed by atoms with E-state index in [1.165, 1.54) is 22.9 Å². The van der Waals surface area contributed by atoms with Crippen LogP contribution in [0.25, 0.3) is 0 Å². The third-order valence-electron chi connectivity index (χ3n) is 8.91. The molecule has 0 radical (unpaired) electrons. The van der Waals surface area contributed by atoms with E-state index in [1.807, 2.05) is 43.3 Å². The van der Waals surface area contributed by atoms with Crippen molar-refractivity contribution in [3.05, 3.63) is 83.6 Å². The summed E-state index contributed by atoms with van der Waals surface area (Å²) in [5, 5.41) is 8.87. The number of benzene rings is 2. The average molecular weight is 617 g/mol. The molecule has 1 atom stereocenters. The highest BCUT2D eigenvalue weighted by Crippen LogP contribution is 2.37. The third-order valence-corrected chi connectivity index (χ3v) is 9.91. The van der Waals surface area contributed by atoms with Gasteiger partial charge in [0.2, 0.25) is 5.88 Å². The van der Waals surface area contributed by atoms with Crippen molar-refractivity contribution in [3.63, 3.8) is 0 Å². The van der Waals surface area contributed by atoms with Gasteiger partial charge in [0, 0.05) is 68.1 Å². The van der Waals surface area contributed by atoms with Crippen molar-refractivity contribution in [1.82, 2.24) is 19.7 Å². The van der Waals surface area contributed by atoms with E-state index in [-0.39, 0.29) is 29.9 Å². The van der Waals surface area contributed by atoms with Gasteiger partial charge in [-0.1, -0.05) is 36.4 Å². The second kappa shape index (κ2) is 14.0. The van der Waals surface area contributed by atoms with Gasteiger partial charge in [0.05, 0.1) is 11.8 Å². The zero-order valence-corrected chi connectivity index (χ0v) is 26.0. The van der Waals surface area contributed by atoms with Gasteiger partial charge in [-0.15, -0.1) is 11.8 Å². The molecule has 0 saturated carbocycles. The summed E-state index contributed by atoms with van der Waals surface area (Å²) in [6.07, 6.45) is 3.73. The van der Waals surface area contributed by atoms with Crippen LogP contribution >= 0.6 is 11.8 Å². The molecule has 232 valence electrons. The third kappa shape index (κ3) is 7.20. The van der Waals surface area contributed by atoms with Gasteiger partial charge in [0.25, 0.3) is 0 Å². The molecule has 0 aliphatic carbocycles. The normalized spacial score (nSPS) is 20.3. The highest BCUT2D eigenvalue weighted by Gasteiger charge is 2.45. The number of thioether (sulfide) groups is 1. The Bertz CT molecular complexity index is 1430. The molecule has 0 spiro atoms. The number of carbonyl (C=O) groups excluding carboxylic acids is 1. The molecule has 1 N–H and O–H groups in total. The summed E-state index contributed by atoms with van der Waals surface area (Å²) in [5.41, 5.74) is 3.32. The Morgan fingerprint density at radius 2 is 1.70 bits per heavy atom. The number of carboxylic acids is 1. The molecular formula is C34H40N4O5S. The lowest BCUT2D eigenvalue weighted by molar-refractivity contribution is -0.133. The number of piperidine rings is 1. The first-order valence-electron chi connectivity index (χ1n) is 15.5. The van der Waals surface area contributed by atoms with Crippen LogP contribution in [0.5, 0.6) is 11.6 Å². The lowest BCUT2D eigenvalue weighted by atomic mass is 9.98. The van der Waals surface area contributed by atoms with Crippen LogP contribution in [-0.4, -0.2) is 87.5 Å². The molecular weight excluding hydrogens is 576 g/mol. The molecule has 6 rings (SSSR count). The summed E-state index contributed by atoms with van der Waals surface area (Å²) in [4.78, 5) is 37.0. The Morgan fingerprint density at radius 1 is 0.977 bits per heavy atom. The molecule has 3 aliphatic rings. The minimum atomic E-state index is -0.838. The van der Waals surface area contributed by atoms with Crippen molar-refractivity contribution < 1.29 is 24.2 Å². The van der Waals surface area contributed by atoms with Crippen molar-refractivity contribution in [2.45, 2.75) is 62.2 Å². The number of urea groups is 1. The molecule has 2 amide bonds. The number of nitrogens with zero attached hydrogens (tertiary/aromatic N) is 4. The fraction of sp³-hybridized carbons (Fsp3) is 0.441. The minimum absolute atomic E-state index is 0.0277. The van der Waals surface area contributed by atoms with Gasteiger partial charge in [0.1, 0.15) is 5.75 Å². The number of carboxylic acid groups (broad SMARTS) is 1. The Morgan fingerprint density at radius 3 is 2.39 bits per heavy atom. The van der Waals surface area contributed by atoms with Crippen LogP contribution in [0.2, 0.25) is 0 Å². The summed E-state index contributed by atoms with van der Waals surface area (Å²) in [6.45, 7) is 6.89. The van der Waals surface area contributed by atoms with Crippen LogP contribution in [-0.2, 0) is 16.1 Å². The predicted molar refractivity (Wildman–Crippen MR) is 169 cm³/mol. The summed E-state index contributed by atoms with van der Waals surface area (Å²) < 4.78 is 11.6. The number of rotatable bonds is 10. The topological polar surface area (TPSA) is 95.4 Å². The maximum Gasteiger partial charge on any atom is 0.321 e. The van der Waals surface area contributed by atoms with Crippen LogP contribution in [0.1, 0.15) is 48.5 Å². The Balaban J connectivity index is 1.06. The second-order valence-electron chi connectivity index (χ2n) is 11.8. The van der Waals surface area contributed by atoms with Crippen molar-refractivity contribution in [2.75, 3.05) is 38.6 Å². The number of ether oxygens (including phenoxy) is 2. The van der Waals surface area contributed by atoms with Gasteiger partial charge >= 0.3 is 12.0 Å². The van der Waals surface area contributed by atoms with Gasteiger partial charge in [-0.3, -0.25) is 9.69 Å². The molecule has 9 nitrogen and oxygen atoms in total. The van der Waals surface area contributed by atoms with E-state index in [9.17, 15) is 9.59 Å². The van der Waals surface area contributed by atoms with Crippen molar-refractivity contribution in [1.29, 1.82) is 0 Å². The molecule has 3 fully saturated rings. The number of aliphatic carboxylic acids is 1. The maximum atomic E-state index is 13.9. The first kappa shape index (κ1) is 30.4. The van der Waals surface area contributed by atoms with Crippen molar-refractivity contribution in [2.24, 2.45) is 0 Å². The smallest absolute Gasteiger partial charge is 0.321 e. The molecule has 2 aromatic carbocycles. The molecule has 1 unspecified atom stereocenters. The number of aromatic nitrogens is 1. The average Bonchev–Trinajstić information content (AvgIpc) is 3.40. The molecule has 10 heteroatoms. The SMILES string of the molecule is Cc1nc(Oc2ccc(SCC(=O)O)cc2)ccc1CN1CCC(N2C(=O)N(C3CCOCC3)CC2c2ccccc2)CC1. The van der Waals surface area contributed by atoms with Crippen LogP contribution < -0.4 is 4.74 Å². The fourth-order valence-electron chi connectivity index (χ4n) is 6.54. The van der Waals surface area contributed by atoms with Crippen LogP contribution in [0, 0.1) is 6.92 Å². The quantitative estimate of drug-likeness (QED) is 0.278. The van der Waals surface area contributed by atoms with E-state index < -0.39 is 5.97 Å². The van der Waals surface area contributed by atoms with E-state index in [2.05, 4.69) is 45.0 Å². The van der Waals surface area contributed by atoms with E-state index in [1.54, 1.807) is 0 Å². The molecule has 4 heterocycles. The highest BCUT2D eigenvalue weighted by molar-refractivity contribution is 8.00. The zero-order valence-electron chi connectivity index (χ0n) is 25.1. The first-order chi connectivity index (χ1) is 21.4. The lowest BCUT2D eigenvalue weighted by Crippen LogP contribution is -2.48. The van der Waals surface area contributed by atoms with Crippen LogP contribution in [0.3, 0.4) is 0 Å². The van der Waals surface area contributed by atoms with E-state index >= 15 is 0 Å².